The van der Waals surface area contributed by atoms with Gasteiger partial charge in [0.25, 0.3) is 0 Å². The predicted octanol–water partition coefficient (Wildman–Crippen LogP) is 2.10. The highest BCUT2D eigenvalue weighted by molar-refractivity contribution is 5.95. The third-order valence-electron chi connectivity index (χ3n) is 3.60. The number of benzene rings is 2. The van der Waals surface area contributed by atoms with Crippen LogP contribution in [0.1, 0.15) is 0 Å². The fourth-order valence-electron chi connectivity index (χ4n) is 2.23. The summed E-state index contributed by atoms with van der Waals surface area (Å²) in [6.07, 6.45) is 0.321. The van der Waals surface area contributed by atoms with Crippen molar-refractivity contribution in [2.45, 2.75) is 12.2 Å². The Labute approximate surface area is 122 Å². The lowest BCUT2D eigenvalue weighted by Gasteiger charge is -2.14. The first kappa shape index (κ1) is 12.7. The van der Waals surface area contributed by atoms with Crippen LogP contribution in [0.4, 0.5) is 0 Å². The molecule has 2 aromatic rings. The molecule has 0 aliphatic carbocycles. The number of ether oxygens (including phenoxy) is 4. The lowest BCUT2D eigenvalue weighted by Crippen LogP contribution is -2.07. The average Bonchev–Trinajstić information content (AvgIpc) is 3.39. The Kier molecular flexibility index (Phi) is 3.09. The van der Waals surface area contributed by atoms with Crippen LogP contribution in [0, 0.1) is 0 Å². The summed E-state index contributed by atoms with van der Waals surface area (Å²) in [7, 11) is 0. The maximum absolute atomic E-state index is 10.4. The van der Waals surface area contributed by atoms with Gasteiger partial charge >= 0.3 is 0 Å². The summed E-state index contributed by atoms with van der Waals surface area (Å²) in [6.45, 7) is 2.42. The molecular weight excluding hydrogens is 272 g/mol. The fourth-order valence-corrected chi connectivity index (χ4v) is 2.23. The first-order valence-corrected chi connectivity index (χ1v) is 7.05. The molecule has 4 rings (SSSR count). The normalized spacial score (nSPS) is 23.0. The van der Waals surface area contributed by atoms with E-state index in [0.29, 0.717) is 24.7 Å². The summed E-state index contributed by atoms with van der Waals surface area (Å²) in [5, 5.41) is 11.9. The van der Waals surface area contributed by atoms with Crippen LogP contribution in [0.2, 0.25) is 0 Å². The number of epoxide rings is 2. The molecule has 2 fully saturated rings. The van der Waals surface area contributed by atoms with E-state index in [9.17, 15) is 5.11 Å². The van der Waals surface area contributed by atoms with Crippen molar-refractivity contribution in [1.29, 1.82) is 0 Å². The van der Waals surface area contributed by atoms with E-state index in [4.69, 9.17) is 18.9 Å². The molecule has 0 amide bonds. The van der Waals surface area contributed by atoms with Crippen molar-refractivity contribution in [1.82, 2.24) is 0 Å². The number of phenols is 1. The van der Waals surface area contributed by atoms with E-state index in [1.165, 1.54) is 0 Å². The quantitative estimate of drug-likeness (QED) is 0.825. The van der Waals surface area contributed by atoms with Crippen molar-refractivity contribution in [2.24, 2.45) is 0 Å². The molecule has 0 spiro atoms. The number of hydrogen-bond acceptors (Lipinski definition) is 5. The van der Waals surface area contributed by atoms with Crippen LogP contribution in [0.3, 0.4) is 0 Å². The van der Waals surface area contributed by atoms with E-state index < -0.39 is 0 Å². The molecule has 2 saturated heterocycles. The Morgan fingerprint density at radius 3 is 2.14 bits per heavy atom. The van der Waals surface area contributed by atoms with Crippen LogP contribution < -0.4 is 9.47 Å². The van der Waals surface area contributed by atoms with Crippen molar-refractivity contribution in [3.63, 3.8) is 0 Å². The molecule has 2 atom stereocenters. The van der Waals surface area contributed by atoms with E-state index >= 15 is 0 Å². The molecule has 2 unspecified atom stereocenters. The molecule has 5 heteroatoms. The molecule has 0 radical (unpaired) electrons. The van der Waals surface area contributed by atoms with Gasteiger partial charge in [0, 0.05) is 16.8 Å². The van der Waals surface area contributed by atoms with E-state index in [2.05, 4.69) is 0 Å². The zero-order valence-electron chi connectivity index (χ0n) is 11.5. The summed E-state index contributed by atoms with van der Waals surface area (Å²) >= 11 is 0. The second-order valence-electron chi connectivity index (χ2n) is 5.30. The molecule has 0 aromatic heterocycles. The van der Waals surface area contributed by atoms with Gasteiger partial charge in [-0.15, -0.1) is 0 Å². The molecule has 0 bridgehead atoms. The lowest BCUT2D eigenvalue weighted by atomic mass is 10.1. The fraction of sp³-hybridized carbons (Fsp3) is 0.375. The number of aromatic hydroxyl groups is 1. The van der Waals surface area contributed by atoms with Gasteiger partial charge in [-0.3, -0.25) is 0 Å². The van der Waals surface area contributed by atoms with E-state index in [0.717, 1.165) is 24.0 Å². The summed E-state index contributed by atoms with van der Waals surface area (Å²) in [6, 6.07) is 9.31. The Bertz CT molecular complexity index is 661. The second kappa shape index (κ2) is 5.09. The standard InChI is InChI=1S/C16H16O5/c17-16-13-4-2-1-3-12(13)14(20-8-10-6-18-10)5-15(16)21-9-11-7-19-11/h1-5,10-11,17H,6-9H2. The number of phenolic OH excluding ortho intramolecular Hbond substituents is 1. The Morgan fingerprint density at radius 2 is 1.52 bits per heavy atom. The van der Waals surface area contributed by atoms with Crippen LogP contribution in [0.25, 0.3) is 10.8 Å². The summed E-state index contributed by atoms with van der Waals surface area (Å²) in [5.41, 5.74) is 0. The second-order valence-corrected chi connectivity index (χ2v) is 5.30. The first-order chi connectivity index (χ1) is 10.3. The van der Waals surface area contributed by atoms with Crippen LogP contribution in [-0.2, 0) is 9.47 Å². The zero-order chi connectivity index (χ0) is 14.2. The van der Waals surface area contributed by atoms with Gasteiger partial charge in [-0.1, -0.05) is 24.3 Å². The summed E-state index contributed by atoms with van der Waals surface area (Å²) in [4.78, 5) is 0. The van der Waals surface area contributed by atoms with Crippen LogP contribution in [0.15, 0.2) is 30.3 Å². The number of fused-ring (bicyclic) bond motifs is 1. The monoisotopic (exact) mass is 288 g/mol. The molecule has 2 aliphatic heterocycles. The predicted molar refractivity (Wildman–Crippen MR) is 76.1 cm³/mol. The van der Waals surface area contributed by atoms with Crippen LogP contribution >= 0.6 is 0 Å². The lowest BCUT2D eigenvalue weighted by molar-refractivity contribution is 0.248. The minimum absolute atomic E-state index is 0.139. The van der Waals surface area contributed by atoms with Gasteiger partial charge < -0.3 is 24.1 Å². The van der Waals surface area contributed by atoms with E-state index in [-0.39, 0.29) is 18.0 Å². The molecule has 2 aromatic carbocycles. The SMILES string of the molecule is Oc1c(OCC2CO2)cc(OCC2CO2)c2ccccc12. The van der Waals surface area contributed by atoms with Gasteiger partial charge in [-0.05, 0) is 0 Å². The minimum Gasteiger partial charge on any atom is -0.504 e. The largest absolute Gasteiger partial charge is 0.504 e. The molecular formula is C16H16O5. The maximum Gasteiger partial charge on any atom is 0.165 e. The topological polar surface area (TPSA) is 63.8 Å². The van der Waals surface area contributed by atoms with Crippen LogP contribution in [-0.4, -0.2) is 43.7 Å². The first-order valence-electron chi connectivity index (χ1n) is 7.05. The molecule has 2 aliphatic rings. The molecule has 5 nitrogen and oxygen atoms in total. The summed E-state index contributed by atoms with van der Waals surface area (Å²) < 4.78 is 21.7. The minimum atomic E-state index is 0.139. The smallest absolute Gasteiger partial charge is 0.165 e. The van der Waals surface area contributed by atoms with Gasteiger partial charge in [0.05, 0.1) is 13.2 Å². The molecule has 1 N–H and O–H groups in total. The van der Waals surface area contributed by atoms with Crippen molar-refractivity contribution in [2.75, 3.05) is 26.4 Å². The van der Waals surface area contributed by atoms with E-state index in [1.54, 1.807) is 6.07 Å². The number of rotatable bonds is 6. The highest BCUT2D eigenvalue weighted by Crippen LogP contribution is 2.41. The van der Waals surface area contributed by atoms with Gasteiger partial charge in [-0.25, -0.2) is 0 Å². The third-order valence-corrected chi connectivity index (χ3v) is 3.60. The third kappa shape index (κ3) is 2.75. The highest BCUT2D eigenvalue weighted by Gasteiger charge is 2.26. The maximum atomic E-state index is 10.4. The molecule has 21 heavy (non-hydrogen) atoms. The zero-order valence-corrected chi connectivity index (χ0v) is 11.5. The van der Waals surface area contributed by atoms with Crippen molar-refractivity contribution in [3.8, 4) is 17.2 Å². The van der Waals surface area contributed by atoms with Crippen molar-refractivity contribution < 1.29 is 24.1 Å². The Hall–Kier alpha value is -1.98. The highest BCUT2D eigenvalue weighted by atomic mass is 16.6. The Balaban J connectivity index is 1.67. The van der Waals surface area contributed by atoms with Gasteiger partial charge in [0.2, 0.25) is 0 Å². The Morgan fingerprint density at radius 1 is 0.952 bits per heavy atom. The van der Waals surface area contributed by atoms with E-state index in [1.807, 2.05) is 24.3 Å². The summed E-state index contributed by atoms with van der Waals surface area (Å²) in [5.74, 6) is 1.27. The van der Waals surface area contributed by atoms with Crippen molar-refractivity contribution >= 4 is 10.8 Å². The average molecular weight is 288 g/mol. The van der Waals surface area contributed by atoms with Gasteiger partial charge in [-0.2, -0.15) is 0 Å². The number of hydrogen-bond donors (Lipinski definition) is 1. The van der Waals surface area contributed by atoms with Crippen LogP contribution in [0.5, 0.6) is 17.2 Å². The molecule has 110 valence electrons. The van der Waals surface area contributed by atoms with Gasteiger partial charge in [0.1, 0.15) is 31.2 Å². The molecule has 2 heterocycles. The van der Waals surface area contributed by atoms with Crippen molar-refractivity contribution in [3.05, 3.63) is 30.3 Å². The molecule has 0 saturated carbocycles. The van der Waals surface area contributed by atoms with Gasteiger partial charge in [0.15, 0.2) is 11.5 Å².